The number of rotatable bonds is 6. The molecule has 29 heavy (non-hydrogen) atoms. The molecule has 0 atom stereocenters. The first kappa shape index (κ1) is 19.3. The lowest BCUT2D eigenvalue weighted by atomic mass is 10.1. The van der Waals surface area contributed by atoms with Crippen LogP contribution >= 0.6 is 0 Å². The van der Waals surface area contributed by atoms with Gasteiger partial charge in [0.2, 0.25) is 15.8 Å². The molecule has 0 aliphatic carbocycles. The van der Waals surface area contributed by atoms with E-state index in [0.29, 0.717) is 30.0 Å². The van der Waals surface area contributed by atoms with E-state index in [1.165, 1.54) is 20.9 Å². The van der Waals surface area contributed by atoms with Gasteiger partial charge in [0, 0.05) is 17.7 Å². The normalized spacial score (nSPS) is 13.5. The van der Waals surface area contributed by atoms with Crippen molar-refractivity contribution >= 4 is 21.5 Å². The molecule has 0 spiro atoms. The van der Waals surface area contributed by atoms with Crippen molar-refractivity contribution in [2.45, 2.75) is 26.3 Å². The lowest BCUT2D eigenvalue weighted by Gasteiger charge is -2.16. The second kappa shape index (κ2) is 7.40. The van der Waals surface area contributed by atoms with E-state index in [9.17, 15) is 13.2 Å². The minimum Gasteiger partial charge on any atom is -0.292 e. The Morgan fingerprint density at radius 1 is 1.14 bits per heavy atom. The van der Waals surface area contributed by atoms with Gasteiger partial charge in [0.15, 0.2) is 5.78 Å². The molecule has 1 aliphatic rings. The van der Waals surface area contributed by atoms with Gasteiger partial charge in [-0.05, 0) is 47.4 Å². The van der Waals surface area contributed by atoms with Crippen LogP contribution in [0.4, 0.5) is 5.69 Å². The summed E-state index contributed by atoms with van der Waals surface area (Å²) < 4.78 is 25.1. The van der Waals surface area contributed by atoms with Gasteiger partial charge in [-0.2, -0.15) is 4.80 Å². The van der Waals surface area contributed by atoms with Gasteiger partial charge in [-0.3, -0.25) is 9.10 Å². The lowest BCUT2D eigenvalue weighted by Crippen LogP contribution is -2.27. The average Bonchev–Trinajstić information content (AvgIpc) is 3.34. The summed E-state index contributed by atoms with van der Waals surface area (Å²) in [7, 11) is -3.31. The van der Waals surface area contributed by atoms with E-state index in [1.54, 1.807) is 18.2 Å². The third kappa shape index (κ3) is 3.91. The molecule has 2 heterocycles. The molecule has 0 bridgehead atoms. The minimum absolute atomic E-state index is 0.0331. The van der Waals surface area contributed by atoms with E-state index in [4.69, 9.17) is 0 Å². The van der Waals surface area contributed by atoms with Crippen molar-refractivity contribution in [3.05, 3.63) is 59.2 Å². The summed E-state index contributed by atoms with van der Waals surface area (Å²) in [6, 6.07) is 13.0. The number of anilines is 1. The summed E-state index contributed by atoms with van der Waals surface area (Å²) in [4.78, 5) is 13.9. The number of carbonyl (C=O) groups is 1. The number of benzene rings is 2. The number of sulfonamides is 1. The molecule has 8 nitrogen and oxygen atoms in total. The van der Waals surface area contributed by atoms with Crippen LogP contribution in [0.2, 0.25) is 0 Å². The van der Waals surface area contributed by atoms with Crippen molar-refractivity contribution in [2.24, 2.45) is 0 Å². The molecule has 0 saturated carbocycles. The molecule has 0 fully saturated rings. The zero-order valence-electron chi connectivity index (χ0n) is 16.2. The number of ketones is 1. The van der Waals surface area contributed by atoms with E-state index in [0.717, 1.165) is 17.5 Å². The van der Waals surface area contributed by atoms with Crippen LogP contribution in [0.15, 0.2) is 42.5 Å². The maximum absolute atomic E-state index is 12.7. The number of nitrogens with zero attached hydrogens (tertiary/aromatic N) is 5. The molecule has 0 radical (unpaired) electrons. The first-order valence-electron chi connectivity index (χ1n) is 9.36. The summed E-state index contributed by atoms with van der Waals surface area (Å²) in [5, 5.41) is 12.3. The summed E-state index contributed by atoms with van der Waals surface area (Å²) >= 11 is 0. The monoisotopic (exact) mass is 411 g/mol. The Balaban J connectivity index is 1.50. The van der Waals surface area contributed by atoms with E-state index in [-0.39, 0.29) is 12.3 Å². The number of carbonyl (C=O) groups excluding carboxylic acids is 1. The number of Topliss-reactive ketones (excluding diaryl/α,β-unsaturated/α-hetero) is 1. The molecule has 3 aromatic rings. The Labute approximate surface area is 169 Å². The molecule has 0 N–H and O–H groups in total. The first-order valence-corrected chi connectivity index (χ1v) is 11.2. The Morgan fingerprint density at radius 2 is 1.90 bits per heavy atom. The summed E-state index contributed by atoms with van der Waals surface area (Å²) in [6.07, 6.45) is 2.73. The van der Waals surface area contributed by atoms with Gasteiger partial charge in [0.05, 0.1) is 11.9 Å². The smallest absolute Gasteiger partial charge is 0.232 e. The fourth-order valence-electron chi connectivity index (χ4n) is 3.42. The molecule has 9 heteroatoms. The molecule has 0 unspecified atom stereocenters. The van der Waals surface area contributed by atoms with Gasteiger partial charge in [0.1, 0.15) is 6.54 Å². The van der Waals surface area contributed by atoms with Crippen molar-refractivity contribution in [2.75, 3.05) is 17.1 Å². The van der Waals surface area contributed by atoms with Gasteiger partial charge < -0.3 is 0 Å². The molecular weight excluding hydrogens is 390 g/mol. The van der Waals surface area contributed by atoms with Gasteiger partial charge in [0.25, 0.3) is 0 Å². The van der Waals surface area contributed by atoms with Crippen molar-refractivity contribution < 1.29 is 13.2 Å². The Bertz CT molecular complexity index is 1170. The Morgan fingerprint density at radius 3 is 2.59 bits per heavy atom. The third-order valence-corrected chi connectivity index (χ3v) is 6.19. The molecule has 0 saturated heterocycles. The molecule has 150 valence electrons. The first-order chi connectivity index (χ1) is 13.8. The predicted octanol–water partition coefficient (Wildman–Crippen LogP) is 2.11. The zero-order chi connectivity index (χ0) is 20.6. The zero-order valence-corrected chi connectivity index (χ0v) is 17.1. The topological polar surface area (TPSA) is 98.0 Å². The van der Waals surface area contributed by atoms with Crippen LogP contribution in [0.5, 0.6) is 0 Å². The minimum atomic E-state index is -3.31. The summed E-state index contributed by atoms with van der Waals surface area (Å²) in [5.74, 6) is 0.314. The SMILES string of the molecule is CCc1ccc(-c2nnn(CC(=O)c3ccc4c(c3)CCN4S(C)(=O)=O)n2)cc1. The molecular formula is C20H21N5O3S. The predicted molar refractivity (Wildman–Crippen MR) is 109 cm³/mol. The van der Waals surface area contributed by atoms with Gasteiger partial charge in [-0.1, -0.05) is 31.2 Å². The van der Waals surface area contributed by atoms with Gasteiger partial charge in [-0.25, -0.2) is 8.42 Å². The van der Waals surface area contributed by atoms with E-state index in [1.807, 2.05) is 24.3 Å². The fraction of sp³-hybridized carbons (Fsp3) is 0.300. The van der Waals surface area contributed by atoms with Crippen LogP contribution in [0.3, 0.4) is 0 Å². The highest BCUT2D eigenvalue weighted by molar-refractivity contribution is 7.92. The molecule has 1 aliphatic heterocycles. The van der Waals surface area contributed by atoms with E-state index < -0.39 is 10.0 Å². The molecule has 2 aromatic carbocycles. The maximum Gasteiger partial charge on any atom is 0.232 e. The Hall–Kier alpha value is -3.07. The molecule has 4 rings (SSSR count). The van der Waals surface area contributed by atoms with Gasteiger partial charge >= 0.3 is 0 Å². The van der Waals surface area contributed by atoms with Gasteiger partial charge in [-0.15, -0.1) is 10.2 Å². The maximum atomic E-state index is 12.7. The fourth-order valence-corrected chi connectivity index (χ4v) is 4.38. The lowest BCUT2D eigenvalue weighted by molar-refractivity contribution is 0.0961. The third-order valence-electron chi connectivity index (χ3n) is 5.01. The highest BCUT2D eigenvalue weighted by atomic mass is 32.2. The van der Waals surface area contributed by atoms with Crippen LogP contribution in [0.25, 0.3) is 11.4 Å². The average molecular weight is 411 g/mol. The summed E-state index contributed by atoms with van der Waals surface area (Å²) in [5.41, 5.74) is 4.07. The van der Waals surface area contributed by atoms with E-state index in [2.05, 4.69) is 22.3 Å². The van der Waals surface area contributed by atoms with Crippen LogP contribution in [-0.2, 0) is 29.4 Å². The highest BCUT2D eigenvalue weighted by Crippen LogP contribution is 2.30. The number of fused-ring (bicyclic) bond motifs is 1. The molecule has 1 aromatic heterocycles. The van der Waals surface area contributed by atoms with E-state index >= 15 is 0 Å². The standard InChI is InChI=1S/C20H21N5O3S/c1-3-14-4-6-15(7-5-14)20-21-23-25(22-20)13-19(26)17-8-9-18-16(12-17)10-11-24(18)29(2,27)28/h4-9,12H,3,10-11,13H2,1-2H3. The number of hydrogen-bond donors (Lipinski definition) is 0. The highest BCUT2D eigenvalue weighted by Gasteiger charge is 2.26. The van der Waals surface area contributed by atoms with Crippen LogP contribution in [0, 0.1) is 0 Å². The second-order valence-electron chi connectivity index (χ2n) is 7.05. The Kier molecular flexibility index (Phi) is 4.91. The molecule has 0 amide bonds. The van der Waals surface area contributed by atoms with Crippen LogP contribution in [0.1, 0.15) is 28.4 Å². The second-order valence-corrected chi connectivity index (χ2v) is 8.95. The largest absolute Gasteiger partial charge is 0.292 e. The van der Waals surface area contributed by atoms with Crippen molar-refractivity contribution in [3.8, 4) is 11.4 Å². The number of aromatic nitrogens is 4. The van der Waals surface area contributed by atoms with Crippen LogP contribution in [-0.4, -0.2) is 47.2 Å². The number of tetrazole rings is 1. The van der Waals surface area contributed by atoms with Crippen molar-refractivity contribution in [3.63, 3.8) is 0 Å². The number of hydrogen-bond acceptors (Lipinski definition) is 6. The summed E-state index contributed by atoms with van der Waals surface area (Å²) in [6.45, 7) is 2.46. The quantitative estimate of drug-likeness (QED) is 0.576. The van der Waals surface area contributed by atoms with Crippen molar-refractivity contribution in [1.29, 1.82) is 0 Å². The van der Waals surface area contributed by atoms with Crippen LogP contribution < -0.4 is 4.31 Å². The van der Waals surface area contributed by atoms with Crippen molar-refractivity contribution in [1.82, 2.24) is 20.2 Å². The number of aryl methyl sites for hydroxylation is 1.